The molecule has 1 unspecified atom stereocenters. The average Bonchev–Trinajstić information content (AvgIpc) is 2.87. The number of nitrogens with one attached hydrogen (secondary N) is 1. The number of pyridine rings is 1. The lowest BCUT2D eigenvalue weighted by Crippen LogP contribution is -2.23. The largest absolute Gasteiger partial charge is 0.371 e. The van der Waals surface area contributed by atoms with Crippen LogP contribution in [0.15, 0.2) is 18.3 Å². The van der Waals surface area contributed by atoms with E-state index in [2.05, 4.69) is 15.2 Å². The van der Waals surface area contributed by atoms with Crippen molar-refractivity contribution in [1.29, 1.82) is 0 Å². The molecule has 1 fully saturated rings. The molecule has 98 valence electrons. The molecule has 1 aromatic rings. The molecule has 3 N–H and O–H groups in total. The highest BCUT2D eigenvalue weighted by Gasteiger charge is 2.22. The Kier molecular flexibility index (Phi) is 4.15. The van der Waals surface area contributed by atoms with Crippen molar-refractivity contribution in [3.8, 4) is 0 Å². The molecule has 0 aromatic carbocycles. The van der Waals surface area contributed by atoms with Gasteiger partial charge in [0.1, 0.15) is 5.69 Å². The van der Waals surface area contributed by atoms with Gasteiger partial charge < -0.3 is 16.0 Å². The normalized spacial score (nSPS) is 19.0. The van der Waals surface area contributed by atoms with Crippen LogP contribution in [0.1, 0.15) is 23.3 Å². The summed E-state index contributed by atoms with van der Waals surface area (Å²) in [6, 6.07) is 3.81. The monoisotopic (exact) mass is 248 g/mol. The van der Waals surface area contributed by atoms with Gasteiger partial charge in [-0.15, -0.1) is 0 Å². The molecule has 0 bridgehead atoms. The molecule has 2 heterocycles. The van der Waals surface area contributed by atoms with Crippen molar-refractivity contribution in [3.05, 3.63) is 24.0 Å². The average molecular weight is 248 g/mol. The Morgan fingerprint density at radius 1 is 1.67 bits per heavy atom. The summed E-state index contributed by atoms with van der Waals surface area (Å²) in [5.74, 6) is 0.529. The Hall–Kier alpha value is -1.62. The lowest BCUT2D eigenvalue weighted by molar-refractivity contribution is 0.0958. The Morgan fingerprint density at radius 3 is 3.22 bits per heavy atom. The molecular weight excluding hydrogens is 228 g/mol. The summed E-state index contributed by atoms with van der Waals surface area (Å²) in [6.45, 7) is 2.80. The van der Waals surface area contributed by atoms with E-state index in [1.165, 1.54) is 6.42 Å². The highest BCUT2D eigenvalue weighted by molar-refractivity contribution is 5.92. The van der Waals surface area contributed by atoms with Crippen LogP contribution >= 0.6 is 0 Å². The maximum atomic E-state index is 11.5. The molecular formula is C13H20N4O. The fourth-order valence-corrected chi connectivity index (χ4v) is 2.41. The van der Waals surface area contributed by atoms with E-state index >= 15 is 0 Å². The predicted molar refractivity (Wildman–Crippen MR) is 71.6 cm³/mol. The maximum absolute atomic E-state index is 11.5. The molecule has 1 aromatic heterocycles. The second-order valence-corrected chi connectivity index (χ2v) is 4.66. The zero-order valence-corrected chi connectivity index (χ0v) is 10.7. The van der Waals surface area contributed by atoms with Crippen molar-refractivity contribution in [2.75, 3.05) is 31.6 Å². The number of rotatable bonds is 4. The molecule has 18 heavy (non-hydrogen) atoms. The third-order valence-electron chi connectivity index (χ3n) is 3.43. The Labute approximate surface area is 107 Å². The van der Waals surface area contributed by atoms with E-state index in [9.17, 15) is 4.79 Å². The van der Waals surface area contributed by atoms with Gasteiger partial charge in [-0.3, -0.25) is 9.78 Å². The molecule has 0 spiro atoms. The minimum atomic E-state index is -0.144. The number of carbonyl (C=O) groups is 1. The molecule has 5 nitrogen and oxygen atoms in total. The van der Waals surface area contributed by atoms with Gasteiger partial charge >= 0.3 is 0 Å². The summed E-state index contributed by atoms with van der Waals surface area (Å²) >= 11 is 0. The third-order valence-corrected chi connectivity index (χ3v) is 3.43. The first-order valence-corrected chi connectivity index (χ1v) is 6.37. The molecule has 1 aliphatic heterocycles. The van der Waals surface area contributed by atoms with Crippen molar-refractivity contribution >= 4 is 11.6 Å². The van der Waals surface area contributed by atoms with Crippen molar-refractivity contribution in [2.24, 2.45) is 11.7 Å². The van der Waals surface area contributed by atoms with Gasteiger partial charge in [0.15, 0.2) is 0 Å². The summed E-state index contributed by atoms with van der Waals surface area (Å²) in [4.78, 5) is 17.9. The van der Waals surface area contributed by atoms with E-state index in [0.717, 1.165) is 31.7 Å². The third kappa shape index (κ3) is 2.79. The smallest absolute Gasteiger partial charge is 0.269 e. The quantitative estimate of drug-likeness (QED) is 0.819. The topological polar surface area (TPSA) is 71.2 Å². The number of anilines is 1. The standard InChI is InChI=1S/C13H20N4O/c1-15-13(18)12-8-11(3-6-16-12)17-7-4-10(9-17)2-5-14/h3,6,8,10H,2,4-5,7,9,14H2,1H3,(H,15,18). The van der Waals surface area contributed by atoms with Gasteiger partial charge in [0.05, 0.1) is 0 Å². The molecule has 0 saturated carbocycles. The van der Waals surface area contributed by atoms with Crippen LogP contribution in [0.5, 0.6) is 0 Å². The van der Waals surface area contributed by atoms with Crippen LogP contribution in [0.4, 0.5) is 5.69 Å². The first kappa shape index (κ1) is 12.8. The lowest BCUT2D eigenvalue weighted by Gasteiger charge is -2.19. The van der Waals surface area contributed by atoms with Gasteiger partial charge in [0.25, 0.3) is 5.91 Å². The van der Waals surface area contributed by atoms with Crippen LogP contribution in [0.2, 0.25) is 0 Å². The Balaban J connectivity index is 2.08. The van der Waals surface area contributed by atoms with Gasteiger partial charge in [-0.25, -0.2) is 0 Å². The summed E-state index contributed by atoms with van der Waals surface area (Å²) < 4.78 is 0. The molecule has 1 aliphatic rings. The van der Waals surface area contributed by atoms with Crippen molar-refractivity contribution < 1.29 is 4.79 Å². The van der Waals surface area contributed by atoms with Crippen LogP contribution in [0.25, 0.3) is 0 Å². The first-order valence-electron chi connectivity index (χ1n) is 6.37. The second-order valence-electron chi connectivity index (χ2n) is 4.66. The van der Waals surface area contributed by atoms with Gasteiger partial charge in [-0.2, -0.15) is 0 Å². The van der Waals surface area contributed by atoms with Crippen molar-refractivity contribution in [2.45, 2.75) is 12.8 Å². The zero-order chi connectivity index (χ0) is 13.0. The second kappa shape index (κ2) is 5.82. The number of carbonyl (C=O) groups excluding carboxylic acids is 1. The molecule has 0 aliphatic carbocycles. The number of hydrogen-bond donors (Lipinski definition) is 2. The van der Waals surface area contributed by atoms with Gasteiger partial charge in [0, 0.05) is 32.0 Å². The lowest BCUT2D eigenvalue weighted by atomic mass is 10.1. The molecule has 5 heteroatoms. The summed E-state index contributed by atoms with van der Waals surface area (Å²) in [6.07, 6.45) is 3.94. The number of nitrogens with zero attached hydrogens (tertiary/aromatic N) is 2. The van der Waals surface area contributed by atoms with E-state index < -0.39 is 0 Å². The molecule has 1 saturated heterocycles. The fraction of sp³-hybridized carbons (Fsp3) is 0.538. The SMILES string of the molecule is CNC(=O)c1cc(N2CCC(CCN)C2)ccn1. The number of aromatic nitrogens is 1. The summed E-state index contributed by atoms with van der Waals surface area (Å²) in [7, 11) is 1.61. The van der Waals surface area contributed by atoms with Crippen LogP contribution in [-0.4, -0.2) is 37.6 Å². The number of nitrogens with two attached hydrogens (primary N) is 1. The van der Waals surface area contributed by atoms with Gasteiger partial charge in [0.2, 0.25) is 0 Å². The van der Waals surface area contributed by atoms with E-state index in [1.54, 1.807) is 13.2 Å². The van der Waals surface area contributed by atoms with Gasteiger partial charge in [-0.05, 0) is 37.4 Å². The van der Waals surface area contributed by atoms with E-state index in [4.69, 9.17) is 5.73 Å². The van der Waals surface area contributed by atoms with E-state index in [0.29, 0.717) is 11.6 Å². The minimum Gasteiger partial charge on any atom is -0.371 e. The van der Waals surface area contributed by atoms with E-state index in [1.807, 2.05) is 12.1 Å². The first-order chi connectivity index (χ1) is 8.74. The van der Waals surface area contributed by atoms with Crippen LogP contribution in [0.3, 0.4) is 0 Å². The number of amides is 1. The van der Waals surface area contributed by atoms with Gasteiger partial charge in [-0.1, -0.05) is 0 Å². The van der Waals surface area contributed by atoms with Crippen LogP contribution < -0.4 is 16.0 Å². The molecule has 1 atom stereocenters. The van der Waals surface area contributed by atoms with Crippen LogP contribution in [-0.2, 0) is 0 Å². The zero-order valence-electron chi connectivity index (χ0n) is 10.7. The Morgan fingerprint density at radius 2 is 2.50 bits per heavy atom. The number of hydrogen-bond acceptors (Lipinski definition) is 4. The van der Waals surface area contributed by atoms with Crippen molar-refractivity contribution in [3.63, 3.8) is 0 Å². The highest BCUT2D eigenvalue weighted by atomic mass is 16.1. The maximum Gasteiger partial charge on any atom is 0.269 e. The summed E-state index contributed by atoms with van der Waals surface area (Å²) in [5, 5.41) is 2.59. The minimum absolute atomic E-state index is 0.144. The molecule has 0 radical (unpaired) electrons. The predicted octanol–water partition coefficient (Wildman–Crippen LogP) is 0.616. The van der Waals surface area contributed by atoms with E-state index in [-0.39, 0.29) is 5.91 Å². The molecule has 1 amide bonds. The fourth-order valence-electron chi connectivity index (χ4n) is 2.41. The molecule has 2 rings (SSSR count). The van der Waals surface area contributed by atoms with Crippen LogP contribution in [0, 0.1) is 5.92 Å². The highest BCUT2D eigenvalue weighted by Crippen LogP contribution is 2.25. The Bertz CT molecular complexity index is 421. The van der Waals surface area contributed by atoms with Crippen molar-refractivity contribution in [1.82, 2.24) is 10.3 Å². The summed E-state index contributed by atoms with van der Waals surface area (Å²) in [5.41, 5.74) is 7.13.